The van der Waals surface area contributed by atoms with Gasteiger partial charge >= 0.3 is 0 Å². The summed E-state index contributed by atoms with van der Waals surface area (Å²) in [7, 11) is 0. The van der Waals surface area contributed by atoms with Gasteiger partial charge in [-0.3, -0.25) is 0 Å². The zero-order valence-electron chi connectivity index (χ0n) is 38.8. The molecule has 0 N–H and O–H groups in total. The van der Waals surface area contributed by atoms with Crippen molar-refractivity contribution in [2.45, 2.75) is 90.9 Å². The summed E-state index contributed by atoms with van der Waals surface area (Å²) in [5.74, 6) is 1.42. The minimum Gasteiger partial charge on any atom is -0.311 e. The smallest absolute Gasteiger partial charge is 0.252 e. The maximum atomic E-state index is 2.72. The fraction of sp³-hybridized carbons (Fsp3) is 0.323. The summed E-state index contributed by atoms with van der Waals surface area (Å²) in [6, 6.07) is 59.7. The van der Waals surface area contributed by atoms with Crippen LogP contribution in [0.15, 0.2) is 152 Å². The highest BCUT2D eigenvalue weighted by atomic mass is 15.2. The maximum Gasteiger partial charge on any atom is 0.252 e. The summed E-state index contributed by atoms with van der Waals surface area (Å²) in [6.07, 6.45) is 7.70. The van der Waals surface area contributed by atoms with E-state index in [-0.39, 0.29) is 39.2 Å². The molecule has 2 nitrogen and oxygen atoms in total. The summed E-state index contributed by atoms with van der Waals surface area (Å²) in [5.41, 5.74) is 24.9. The minimum atomic E-state index is -0.0228. The highest BCUT2D eigenvalue weighted by molar-refractivity contribution is 7.01. The molecule has 2 spiro atoms. The second kappa shape index (κ2) is 11.8. The molecule has 0 aromatic heterocycles. The number of para-hydroxylation sites is 2. The quantitative estimate of drug-likeness (QED) is 0.160. The maximum absolute atomic E-state index is 2.72. The van der Waals surface area contributed by atoms with Crippen LogP contribution in [0.25, 0.3) is 22.3 Å². The van der Waals surface area contributed by atoms with E-state index >= 15 is 0 Å². The Kier molecular flexibility index (Phi) is 6.78. The summed E-state index contributed by atoms with van der Waals surface area (Å²) in [6.45, 7) is 15.8. The van der Waals surface area contributed by atoms with Crippen LogP contribution in [0.2, 0.25) is 0 Å². The molecule has 0 radical (unpaired) electrons. The molecule has 0 saturated heterocycles. The van der Waals surface area contributed by atoms with Crippen LogP contribution < -0.4 is 26.2 Å². The zero-order valence-corrected chi connectivity index (χ0v) is 38.8. The van der Waals surface area contributed by atoms with Crippen molar-refractivity contribution in [3.63, 3.8) is 0 Å². The van der Waals surface area contributed by atoms with E-state index in [9.17, 15) is 0 Å². The van der Waals surface area contributed by atoms with E-state index in [4.69, 9.17) is 0 Å². The van der Waals surface area contributed by atoms with E-state index in [1.807, 2.05) is 0 Å². The lowest BCUT2D eigenvalue weighted by molar-refractivity contribution is 0.0990. The number of benzene rings is 7. The molecule has 6 atom stereocenters. The van der Waals surface area contributed by atoms with Crippen LogP contribution in [0.5, 0.6) is 0 Å². The predicted molar refractivity (Wildman–Crippen MR) is 271 cm³/mol. The molecular weight excluding hydrogens is 784 g/mol. The van der Waals surface area contributed by atoms with Gasteiger partial charge in [-0.25, -0.2) is 0 Å². The van der Waals surface area contributed by atoms with Crippen LogP contribution in [0, 0.1) is 33.5 Å². The molecule has 4 saturated carbocycles. The van der Waals surface area contributed by atoms with Crippen molar-refractivity contribution in [3.05, 3.63) is 174 Å². The molecular formula is C62H57BN2. The van der Waals surface area contributed by atoms with E-state index in [2.05, 4.69) is 203 Å². The summed E-state index contributed by atoms with van der Waals surface area (Å²) < 4.78 is 0. The van der Waals surface area contributed by atoms with Gasteiger partial charge in [-0.1, -0.05) is 145 Å². The third-order valence-corrected chi connectivity index (χ3v) is 21.5. The van der Waals surface area contributed by atoms with Crippen molar-refractivity contribution in [2.75, 3.05) is 9.80 Å². The molecule has 65 heavy (non-hydrogen) atoms. The second-order valence-electron chi connectivity index (χ2n) is 23.2. The van der Waals surface area contributed by atoms with Crippen LogP contribution in [-0.2, 0) is 10.8 Å². The number of nitrogens with zero attached hydrogens (tertiary/aromatic N) is 2. The average Bonchev–Trinajstić information content (AvgIpc) is 4.02. The molecule has 6 aliphatic carbocycles. The first-order valence-corrected chi connectivity index (χ1v) is 24.9. The molecule has 7 aromatic carbocycles. The molecule has 2 heterocycles. The standard InChI is InChI=1S/C62H57BN2/c1-57(2)38-31-33-59(57,5)61(36-38)46-22-13-11-20-44(46)54-47(61)29-30-53-56(54)63-49-23-14-15-24-50(49)64(40-17-8-7-9-18-40)51-25-16-26-52(55(51)63)65(53)41-27-28-43-42-19-10-12-21-45(42)62(48(43)35-41)37-39-32-34-60(62,6)58(39,3)4/h7-30,35,38-39H,31-34,36-37H2,1-6H3/t38?,39?,59?,60?,61-,62?/m0/s1. The summed E-state index contributed by atoms with van der Waals surface area (Å²) in [5, 5.41) is 0. The number of anilines is 6. The summed E-state index contributed by atoms with van der Waals surface area (Å²) in [4.78, 5) is 5.28. The Morgan fingerprint density at radius 1 is 0.431 bits per heavy atom. The molecule has 5 unspecified atom stereocenters. The molecule has 15 rings (SSSR count). The Labute approximate surface area is 385 Å². The van der Waals surface area contributed by atoms with Crippen molar-refractivity contribution < 1.29 is 0 Å². The van der Waals surface area contributed by atoms with E-state index in [0.29, 0.717) is 11.8 Å². The lowest BCUT2D eigenvalue weighted by Gasteiger charge is -2.49. The number of fused-ring (bicyclic) bond motifs is 21. The first-order valence-electron chi connectivity index (χ1n) is 24.9. The van der Waals surface area contributed by atoms with Crippen molar-refractivity contribution >= 4 is 57.2 Å². The van der Waals surface area contributed by atoms with Crippen molar-refractivity contribution in [2.24, 2.45) is 33.5 Å². The van der Waals surface area contributed by atoms with Crippen molar-refractivity contribution in [1.82, 2.24) is 0 Å². The average molecular weight is 841 g/mol. The largest absolute Gasteiger partial charge is 0.311 e. The Bertz CT molecular complexity index is 3270. The van der Waals surface area contributed by atoms with Crippen LogP contribution in [0.3, 0.4) is 0 Å². The Balaban J connectivity index is 1.05. The molecule has 4 bridgehead atoms. The highest BCUT2D eigenvalue weighted by Gasteiger charge is 2.73. The highest BCUT2D eigenvalue weighted by Crippen LogP contribution is 2.79. The first-order chi connectivity index (χ1) is 31.5. The van der Waals surface area contributed by atoms with Gasteiger partial charge in [0.2, 0.25) is 0 Å². The van der Waals surface area contributed by atoms with Gasteiger partial charge in [0, 0.05) is 45.0 Å². The van der Waals surface area contributed by atoms with Crippen LogP contribution in [0.4, 0.5) is 34.1 Å². The number of rotatable bonds is 2. The lowest BCUT2D eigenvalue weighted by atomic mass is 9.32. The molecule has 3 heteroatoms. The van der Waals surface area contributed by atoms with Crippen LogP contribution >= 0.6 is 0 Å². The molecule has 7 aromatic rings. The Morgan fingerprint density at radius 2 is 0.969 bits per heavy atom. The van der Waals surface area contributed by atoms with E-state index < -0.39 is 0 Å². The van der Waals surface area contributed by atoms with Gasteiger partial charge in [0.15, 0.2) is 0 Å². The topological polar surface area (TPSA) is 6.48 Å². The van der Waals surface area contributed by atoms with E-state index in [1.54, 1.807) is 22.3 Å². The van der Waals surface area contributed by atoms with Gasteiger partial charge in [-0.05, 0) is 181 Å². The van der Waals surface area contributed by atoms with Crippen molar-refractivity contribution in [1.29, 1.82) is 0 Å². The van der Waals surface area contributed by atoms with Crippen molar-refractivity contribution in [3.8, 4) is 22.3 Å². The molecule has 0 amide bonds. The second-order valence-corrected chi connectivity index (χ2v) is 23.2. The molecule has 8 aliphatic rings. The number of hydrogen-bond acceptors (Lipinski definition) is 2. The Hall–Kier alpha value is -5.80. The number of hydrogen-bond donors (Lipinski definition) is 0. The lowest BCUT2D eigenvalue weighted by Crippen LogP contribution is -2.62. The van der Waals surface area contributed by atoms with Gasteiger partial charge in [-0.15, -0.1) is 0 Å². The third-order valence-electron chi connectivity index (χ3n) is 21.5. The normalized spacial score (nSPS) is 30.0. The van der Waals surface area contributed by atoms with Gasteiger partial charge in [0.25, 0.3) is 6.71 Å². The molecule has 318 valence electrons. The van der Waals surface area contributed by atoms with Crippen LogP contribution in [-0.4, -0.2) is 6.71 Å². The fourth-order valence-electron chi connectivity index (χ4n) is 17.7. The predicted octanol–water partition coefficient (Wildman–Crippen LogP) is 14.0. The first kappa shape index (κ1) is 37.4. The third kappa shape index (κ3) is 3.90. The minimum absolute atomic E-state index is 0.0189. The van der Waals surface area contributed by atoms with Gasteiger partial charge in [0.1, 0.15) is 0 Å². The molecule has 4 fully saturated rings. The molecule has 2 aliphatic heterocycles. The van der Waals surface area contributed by atoms with Gasteiger partial charge in [0.05, 0.1) is 0 Å². The van der Waals surface area contributed by atoms with E-state index in [0.717, 1.165) is 0 Å². The Morgan fingerprint density at radius 3 is 1.63 bits per heavy atom. The monoisotopic (exact) mass is 840 g/mol. The van der Waals surface area contributed by atoms with Crippen LogP contribution in [0.1, 0.15) is 102 Å². The van der Waals surface area contributed by atoms with E-state index in [1.165, 1.54) is 111 Å². The SMILES string of the molecule is CC1(C)C2CCC1(C)C1(C2)c2ccccc2-c2ccc(N3c4cccc5c4B(c4ccccc4N5c4ccccc4)c4c3ccc3c4-c4ccccc4[C@@]34CC3CCC4(C)C3(C)C)cc21. The summed E-state index contributed by atoms with van der Waals surface area (Å²) >= 11 is 0. The fourth-order valence-corrected chi connectivity index (χ4v) is 17.7. The zero-order chi connectivity index (χ0) is 43.6. The van der Waals surface area contributed by atoms with Gasteiger partial charge < -0.3 is 9.80 Å². The van der Waals surface area contributed by atoms with Gasteiger partial charge in [-0.2, -0.15) is 0 Å².